The Bertz CT molecular complexity index is 1550. The maximum atomic E-state index is 12.9. The van der Waals surface area contributed by atoms with Gasteiger partial charge in [0.05, 0.1) is 37.1 Å². The van der Waals surface area contributed by atoms with E-state index in [-0.39, 0.29) is 0 Å². The standard InChI is InChI=1S/C41H72N2O23/c1-10-40(8,11-2)65-32-27(52)28(53)39(64-33(32)35(56)57)63-30-23(42-18(6)47)37(59-21(15-45)25(30)50)58-17(5)29(34(54)55)61-36(20(49)14-44)62-31-24(43-19(7)48)38(60-22(16-46)26(31)51)66-41(9,12-3)13-4/h17,20-33,36-39,44-46,49-53H,10-16H2,1-9H3,(H,42,47)(H,43,48)(H,54,55)(H,56,57)/t17-,20-,21?,22?,23?,24?,25?,26?,27?,28?,29?,30?,31?,32?,33?,36?,37?,38?,39?/m0/s1. The Morgan fingerprint density at radius 1 is 0.652 bits per heavy atom. The minimum atomic E-state index is -2.19. The van der Waals surface area contributed by atoms with Crippen LogP contribution in [0, 0.1) is 0 Å². The summed E-state index contributed by atoms with van der Waals surface area (Å²) in [5, 5.41) is 112. The third-order valence-corrected chi connectivity index (χ3v) is 12.4. The minimum absolute atomic E-state index is 0.393. The predicted molar refractivity (Wildman–Crippen MR) is 221 cm³/mol. The zero-order valence-electron chi connectivity index (χ0n) is 38.7. The first-order chi connectivity index (χ1) is 30.9. The van der Waals surface area contributed by atoms with Crippen LogP contribution >= 0.6 is 0 Å². The number of ether oxygens (including phenoxy) is 9. The van der Waals surface area contributed by atoms with Crippen LogP contribution < -0.4 is 10.6 Å². The van der Waals surface area contributed by atoms with Crippen molar-refractivity contribution in [3.63, 3.8) is 0 Å². The van der Waals surface area contributed by atoms with E-state index in [9.17, 15) is 70.2 Å². The summed E-state index contributed by atoms with van der Waals surface area (Å²) in [7, 11) is 0. The van der Waals surface area contributed by atoms with Crippen LogP contribution in [-0.2, 0) is 61.8 Å². The fourth-order valence-corrected chi connectivity index (χ4v) is 7.58. The molecule has 12 N–H and O–H groups in total. The van der Waals surface area contributed by atoms with Crippen molar-refractivity contribution >= 4 is 23.8 Å². The van der Waals surface area contributed by atoms with Gasteiger partial charge in [-0.1, -0.05) is 27.7 Å². The Balaban J connectivity index is 1.99. The molecule has 66 heavy (non-hydrogen) atoms. The molecule has 25 nitrogen and oxygen atoms in total. The number of aliphatic hydroxyl groups excluding tert-OH is 8. The molecule has 0 bridgehead atoms. The summed E-state index contributed by atoms with van der Waals surface area (Å²) in [5.41, 5.74) is -1.79. The molecule has 0 saturated carbocycles. The summed E-state index contributed by atoms with van der Waals surface area (Å²) in [6.45, 7) is 11.1. The van der Waals surface area contributed by atoms with Gasteiger partial charge in [-0.25, -0.2) is 9.59 Å². The second kappa shape index (κ2) is 25.2. The molecule has 3 aliphatic rings. The van der Waals surface area contributed by atoms with Crippen LogP contribution in [-0.4, -0.2) is 222 Å². The van der Waals surface area contributed by atoms with Crippen molar-refractivity contribution in [2.45, 2.75) is 216 Å². The molecule has 0 spiro atoms. The minimum Gasteiger partial charge on any atom is -0.479 e. The van der Waals surface area contributed by atoms with E-state index in [0.717, 1.165) is 20.8 Å². The lowest BCUT2D eigenvalue weighted by Crippen LogP contribution is -2.69. The molecule has 3 rings (SSSR count). The largest absolute Gasteiger partial charge is 0.479 e. The van der Waals surface area contributed by atoms with Gasteiger partial charge in [0, 0.05) is 13.8 Å². The molecule has 25 heteroatoms. The van der Waals surface area contributed by atoms with Crippen LogP contribution in [0.25, 0.3) is 0 Å². The maximum Gasteiger partial charge on any atom is 0.335 e. The van der Waals surface area contributed by atoms with Crippen molar-refractivity contribution < 1.29 is 113 Å². The second-order valence-electron chi connectivity index (χ2n) is 17.2. The van der Waals surface area contributed by atoms with Gasteiger partial charge in [-0.3, -0.25) is 9.59 Å². The van der Waals surface area contributed by atoms with Crippen LogP contribution in [0.4, 0.5) is 0 Å². The van der Waals surface area contributed by atoms with Crippen molar-refractivity contribution in [2.24, 2.45) is 0 Å². The highest BCUT2D eigenvalue weighted by Crippen LogP contribution is 2.35. The number of carboxylic acid groups (broad SMARTS) is 2. The van der Waals surface area contributed by atoms with E-state index in [2.05, 4.69) is 10.6 Å². The summed E-state index contributed by atoms with van der Waals surface area (Å²) >= 11 is 0. The topological polar surface area (TPSA) is 378 Å². The van der Waals surface area contributed by atoms with Crippen molar-refractivity contribution in [3.05, 3.63) is 0 Å². The van der Waals surface area contributed by atoms with Gasteiger partial charge >= 0.3 is 11.9 Å². The van der Waals surface area contributed by atoms with Crippen LogP contribution in [0.5, 0.6) is 0 Å². The lowest BCUT2D eigenvalue weighted by molar-refractivity contribution is -0.354. The number of hydrogen-bond acceptors (Lipinski definition) is 21. The van der Waals surface area contributed by atoms with Gasteiger partial charge in [0.15, 0.2) is 37.4 Å². The molecular formula is C41H72N2O23. The van der Waals surface area contributed by atoms with E-state index in [1.807, 2.05) is 13.8 Å². The summed E-state index contributed by atoms with van der Waals surface area (Å²) in [6.07, 6.45) is -29.4. The number of aliphatic hydroxyl groups is 8. The second-order valence-corrected chi connectivity index (χ2v) is 17.2. The monoisotopic (exact) mass is 960 g/mol. The Labute approximate surface area is 382 Å². The molecule has 3 saturated heterocycles. The predicted octanol–water partition coefficient (Wildman–Crippen LogP) is -3.43. The van der Waals surface area contributed by atoms with Crippen LogP contribution in [0.1, 0.15) is 88.0 Å². The zero-order valence-corrected chi connectivity index (χ0v) is 38.7. The molecule has 0 aromatic carbocycles. The van der Waals surface area contributed by atoms with E-state index in [0.29, 0.717) is 25.7 Å². The Kier molecular flexibility index (Phi) is 21.9. The first kappa shape index (κ1) is 57.5. The van der Waals surface area contributed by atoms with Crippen molar-refractivity contribution in [2.75, 3.05) is 19.8 Å². The number of carbonyl (C=O) groups is 4. The molecule has 3 fully saturated rings. The summed E-state index contributed by atoms with van der Waals surface area (Å²) < 4.78 is 53.0. The van der Waals surface area contributed by atoms with E-state index in [1.54, 1.807) is 27.7 Å². The third kappa shape index (κ3) is 14.1. The first-order valence-corrected chi connectivity index (χ1v) is 22.0. The van der Waals surface area contributed by atoms with Crippen molar-refractivity contribution in [3.8, 4) is 0 Å². The molecule has 0 aromatic heterocycles. The summed E-state index contributed by atoms with van der Waals surface area (Å²) in [4.78, 5) is 50.4. The highest BCUT2D eigenvalue weighted by Gasteiger charge is 2.56. The van der Waals surface area contributed by atoms with Crippen molar-refractivity contribution in [1.29, 1.82) is 0 Å². The lowest BCUT2D eigenvalue weighted by Gasteiger charge is -2.49. The molecule has 17 unspecified atom stereocenters. The fraction of sp³-hybridized carbons (Fsp3) is 0.902. The molecule has 3 heterocycles. The van der Waals surface area contributed by atoms with Crippen molar-refractivity contribution in [1.82, 2.24) is 10.6 Å². The van der Waals surface area contributed by atoms with E-state index in [4.69, 9.17) is 42.6 Å². The van der Waals surface area contributed by atoms with Gasteiger partial charge in [0.1, 0.15) is 73.1 Å². The Morgan fingerprint density at radius 3 is 1.59 bits per heavy atom. The average Bonchev–Trinajstić information content (AvgIpc) is 3.27. The van der Waals surface area contributed by atoms with E-state index in [1.165, 1.54) is 0 Å². The molecule has 19 atom stereocenters. The number of hydrogen-bond donors (Lipinski definition) is 12. The molecule has 0 aliphatic carbocycles. The maximum absolute atomic E-state index is 12.9. The highest BCUT2D eigenvalue weighted by atomic mass is 16.8. The summed E-state index contributed by atoms with van der Waals surface area (Å²) in [6, 6.07) is -3.06. The average molecular weight is 961 g/mol. The van der Waals surface area contributed by atoms with Crippen LogP contribution in [0.15, 0.2) is 0 Å². The van der Waals surface area contributed by atoms with E-state index < -0.39 is 171 Å². The number of nitrogens with one attached hydrogen (secondary N) is 2. The molecule has 3 aliphatic heterocycles. The SMILES string of the molecule is CCC(C)(CC)OC1OC(CO)C(O)C(OC(OC(C(=O)O)[C@H](C)OC2OC(CO)C(O)C(OC3OC(C(=O)O)C(OC(C)(CC)CC)C(O)C3O)C2NC(C)=O)[C@@H](O)CO)C1NC(C)=O. The number of amides is 2. The number of carbonyl (C=O) groups excluding carboxylic acids is 2. The fourth-order valence-electron chi connectivity index (χ4n) is 7.58. The number of carboxylic acids is 2. The molecular weight excluding hydrogens is 888 g/mol. The molecule has 0 aromatic rings. The van der Waals surface area contributed by atoms with Gasteiger partial charge in [-0.05, 0) is 46.5 Å². The quantitative estimate of drug-likeness (QED) is 0.0396. The number of aliphatic carboxylic acids is 2. The third-order valence-electron chi connectivity index (χ3n) is 12.4. The van der Waals surface area contributed by atoms with Gasteiger partial charge < -0.3 is 104 Å². The normalized spacial score (nSPS) is 35.0. The molecule has 0 radical (unpaired) electrons. The van der Waals surface area contributed by atoms with Crippen LogP contribution in [0.2, 0.25) is 0 Å². The Morgan fingerprint density at radius 2 is 1.14 bits per heavy atom. The van der Waals surface area contributed by atoms with Gasteiger partial charge in [-0.2, -0.15) is 0 Å². The summed E-state index contributed by atoms with van der Waals surface area (Å²) in [5.74, 6) is -4.83. The molecule has 384 valence electrons. The van der Waals surface area contributed by atoms with Gasteiger partial charge in [0.25, 0.3) is 0 Å². The lowest BCUT2D eigenvalue weighted by atomic mass is 9.93. The van der Waals surface area contributed by atoms with Crippen LogP contribution in [0.3, 0.4) is 0 Å². The van der Waals surface area contributed by atoms with E-state index >= 15 is 0 Å². The number of rotatable bonds is 25. The zero-order chi connectivity index (χ0) is 50.0. The highest BCUT2D eigenvalue weighted by molar-refractivity contribution is 5.74. The first-order valence-electron chi connectivity index (χ1n) is 22.0. The van der Waals surface area contributed by atoms with Gasteiger partial charge in [-0.15, -0.1) is 0 Å². The smallest absolute Gasteiger partial charge is 0.335 e. The molecule has 2 amide bonds. The Hall–Kier alpha value is -2.80. The van der Waals surface area contributed by atoms with Gasteiger partial charge in [0.2, 0.25) is 11.8 Å².